The van der Waals surface area contributed by atoms with Crippen LogP contribution in [0.1, 0.15) is 11.7 Å². The summed E-state index contributed by atoms with van der Waals surface area (Å²) in [6, 6.07) is 5.95. The second-order valence-corrected chi connectivity index (χ2v) is 4.50. The van der Waals surface area contributed by atoms with E-state index in [1.807, 2.05) is 24.6 Å². The predicted molar refractivity (Wildman–Crippen MR) is 64.0 cm³/mol. The van der Waals surface area contributed by atoms with Gasteiger partial charge in [0.2, 0.25) is 0 Å². The Balaban J connectivity index is 3.14. The van der Waals surface area contributed by atoms with Gasteiger partial charge in [-0.15, -0.1) is 23.5 Å². The van der Waals surface area contributed by atoms with Crippen LogP contribution in [0.4, 0.5) is 0 Å². The zero-order valence-electron chi connectivity index (χ0n) is 8.36. The maximum absolute atomic E-state index is 9.71. The van der Waals surface area contributed by atoms with Crippen molar-refractivity contribution in [2.24, 2.45) is 5.73 Å². The third kappa shape index (κ3) is 2.45. The van der Waals surface area contributed by atoms with Gasteiger partial charge in [-0.05, 0) is 24.1 Å². The van der Waals surface area contributed by atoms with E-state index in [0.717, 1.165) is 10.5 Å². The van der Waals surface area contributed by atoms with Gasteiger partial charge >= 0.3 is 0 Å². The predicted octanol–water partition coefficient (Wildman–Crippen LogP) is 2.12. The highest BCUT2D eigenvalue weighted by molar-refractivity contribution is 8.01. The monoisotopic (exact) mass is 229 g/mol. The largest absolute Gasteiger partial charge is 0.387 e. The zero-order valence-corrected chi connectivity index (χ0v) is 9.99. The second-order valence-electron chi connectivity index (χ2n) is 2.83. The molecule has 4 heteroatoms. The SMILES string of the molecule is CSc1cccc(C(O)CN)c1SC. The third-order valence-electron chi connectivity index (χ3n) is 2.02. The van der Waals surface area contributed by atoms with Crippen LogP contribution < -0.4 is 5.73 Å². The number of aliphatic hydroxyl groups is 1. The molecule has 0 heterocycles. The van der Waals surface area contributed by atoms with Gasteiger partial charge in [0.25, 0.3) is 0 Å². The van der Waals surface area contributed by atoms with Crippen LogP contribution in [0.3, 0.4) is 0 Å². The molecule has 3 N–H and O–H groups in total. The van der Waals surface area contributed by atoms with Crippen molar-refractivity contribution in [2.45, 2.75) is 15.9 Å². The summed E-state index contributed by atoms with van der Waals surface area (Å²) in [6.07, 6.45) is 3.50. The van der Waals surface area contributed by atoms with Gasteiger partial charge in [-0.25, -0.2) is 0 Å². The van der Waals surface area contributed by atoms with Crippen molar-refractivity contribution in [2.75, 3.05) is 19.1 Å². The van der Waals surface area contributed by atoms with Crippen LogP contribution in [0.25, 0.3) is 0 Å². The van der Waals surface area contributed by atoms with E-state index in [0.29, 0.717) is 0 Å². The lowest BCUT2D eigenvalue weighted by atomic mass is 10.1. The lowest BCUT2D eigenvalue weighted by Gasteiger charge is -2.15. The maximum Gasteiger partial charge on any atom is 0.0923 e. The van der Waals surface area contributed by atoms with Gasteiger partial charge in [-0.2, -0.15) is 0 Å². The first-order valence-corrected chi connectivity index (χ1v) is 6.78. The Morgan fingerprint density at radius 2 is 2.07 bits per heavy atom. The minimum Gasteiger partial charge on any atom is -0.387 e. The van der Waals surface area contributed by atoms with E-state index < -0.39 is 6.10 Å². The molecule has 1 unspecified atom stereocenters. The molecule has 1 atom stereocenters. The minimum absolute atomic E-state index is 0.269. The molecule has 0 bridgehead atoms. The summed E-state index contributed by atoms with van der Waals surface area (Å²) < 4.78 is 0. The van der Waals surface area contributed by atoms with Gasteiger partial charge in [0.05, 0.1) is 6.10 Å². The first kappa shape index (κ1) is 11.9. The highest BCUT2D eigenvalue weighted by Crippen LogP contribution is 2.33. The van der Waals surface area contributed by atoms with E-state index in [1.54, 1.807) is 23.5 Å². The fourth-order valence-electron chi connectivity index (χ4n) is 1.30. The van der Waals surface area contributed by atoms with E-state index in [1.165, 1.54) is 4.90 Å². The van der Waals surface area contributed by atoms with E-state index in [9.17, 15) is 5.11 Å². The van der Waals surface area contributed by atoms with Crippen LogP contribution in [0, 0.1) is 0 Å². The number of hydrogen-bond acceptors (Lipinski definition) is 4. The molecule has 0 aliphatic heterocycles. The van der Waals surface area contributed by atoms with Crippen LogP contribution in [0.15, 0.2) is 28.0 Å². The number of thioether (sulfide) groups is 2. The summed E-state index contributed by atoms with van der Waals surface area (Å²) in [4.78, 5) is 2.33. The van der Waals surface area contributed by atoms with Crippen molar-refractivity contribution in [3.8, 4) is 0 Å². The first-order valence-electron chi connectivity index (χ1n) is 4.33. The molecule has 0 radical (unpaired) electrons. The molecule has 0 fully saturated rings. The molecule has 1 aromatic rings. The molecule has 0 saturated carbocycles. The van der Waals surface area contributed by atoms with E-state index in [4.69, 9.17) is 5.73 Å². The average Bonchev–Trinajstić information content (AvgIpc) is 2.26. The number of nitrogens with two attached hydrogens (primary N) is 1. The lowest BCUT2D eigenvalue weighted by Crippen LogP contribution is -2.12. The van der Waals surface area contributed by atoms with Crippen molar-refractivity contribution in [1.29, 1.82) is 0 Å². The minimum atomic E-state index is -0.551. The van der Waals surface area contributed by atoms with Crippen LogP contribution in [-0.4, -0.2) is 24.2 Å². The smallest absolute Gasteiger partial charge is 0.0923 e. The van der Waals surface area contributed by atoms with Crippen LogP contribution >= 0.6 is 23.5 Å². The molecular weight excluding hydrogens is 214 g/mol. The molecule has 78 valence electrons. The molecular formula is C10H15NOS2. The highest BCUT2D eigenvalue weighted by atomic mass is 32.2. The zero-order chi connectivity index (χ0) is 10.6. The maximum atomic E-state index is 9.71. The van der Waals surface area contributed by atoms with Gasteiger partial charge in [0.1, 0.15) is 0 Å². The molecule has 2 nitrogen and oxygen atoms in total. The van der Waals surface area contributed by atoms with E-state index in [2.05, 4.69) is 6.07 Å². The fraction of sp³-hybridized carbons (Fsp3) is 0.400. The standard InChI is InChI=1S/C10H15NOS2/c1-13-9-5-3-4-7(8(12)6-11)10(9)14-2/h3-5,8,12H,6,11H2,1-2H3. The molecule has 0 aromatic heterocycles. The fourth-order valence-corrected chi connectivity index (χ4v) is 3.03. The van der Waals surface area contributed by atoms with Crippen molar-refractivity contribution in [3.63, 3.8) is 0 Å². The van der Waals surface area contributed by atoms with E-state index >= 15 is 0 Å². The summed E-state index contributed by atoms with van der Waals surface area (Å²) in [5, 5.41) is 9.71. The van der Waals surface area contributed by atoms with Gasteiger partial charge in [0.15, 0.2) is 0 Å². The summed E-state index contributed by atoms with van der Waals surface area (Å²) in [6.45, 7) is 0.269. The summed E-state index contributed by atoms with van der Waals surface area (Å²) >= 11 is 3.34. The Morgan fingerprint density at radius 1 is 1.36 bits per heavy atom. The Bertz CT molecular complexity index is 304. The molecule has 0 aliphatic rings. The second kappa shape index (κ2) is 5.66. The van der Waals surface area contributed by atoms with Crippen molar-refractivity contribution >= 4 is 23.5 Å². The molecule has 14 heavy (non-hydrogen) atoms. The molecule has 0 saturated heterocycles. The topological polar surface area (TPSA) is 46.2 Å². The normalized spacial score (nSPS) is 12.9. The number of aliphatic hydroxyl groups excluding tert-OH is 1. The van der Waals surface area contributed by atoms with Crippen molar-refractivity contribution in [1.82, 2.24) is 0 Å². The average molecular weight is 229 g/mol. The van der Waals surface area contributed by atoms with Crippen molar-refractivity contribution in [3.05, 3.63) is 23.8 Å². The lowest BCUT2D eigenvalue weighted by molar-refractivity contribution is 0.183. The van der Waals surface area contributed by atoms with Crippen molar-refractivity contribution < 1.29 is 5.11 Å². The summed E-state index contributed by atoms with van der Waals surface area (Å²) in [5.74, 6) is 0. The molecule has 0 spiro atoms. The van der Waals surface area contributed by atoms with Gasteiger partial charge in [0, 0.05) is 16.3 Å². The number of benzene rings is 1. The van der Waals surface area contributed by atoms with Crippen LogP contribution in [0.5, 0.6) is 0 Å². The van der Waals surface area contributed by atoms with E-state index in [-0.39, 0.29) is 6.54 Å². The molecule has 0 aliphatic carbocycles. The summed E-state index contributed by atoms with van der Waals surface area (Å²) in [5.41, 5.74) is 6.39. The number of rotatable bonds is 4. The Hall–Kier alpha value is -0.160. The molecule has 1 rings (SSSR count). The Labute approximate surface area is 93.3 Å². The Morgan fingerprint density at radius 3 is 2.57 bits per heavy atom. The van der Waals surface area contributed by atoms with Gasteiger partial charge in [-0.1, -0.05) is 12.1 Å². The first-order chi connectivity index (χ1) is 6.74. The summed E-state index contributed by atoms with van der Waals surface area (Å²) in [7, 11) is 0. The van der Waals surface area contributed by atoms with Crippen LogP contribution in [-0.2, 0) is 0 Å². The Kier molecular flexibility index (Phi) is 4.81. The molecule has 0 amide bonds. The van der Waals surface area contributed by atoms with Gasteiger partial charge in [-0.3, -0.25) is 0 Å². The number of hydrogen-bond donors (Lipinski definition) is 2. The molecule has 1 aromatic carbocycles. The third-order valence-corrected chi connectivity index (χ3v) is 3.79. The quantitative estimate of drug-likeness (QED) is 0.776. The van der Waals surface area contributed by atoms with Crippen LogP contribution in [0.2, 0.25) is 0 Å². The van der Waals surface area contributed by atoms with Gasteiger partial charge < -0.3 is 10.8 Å². The highest BCUT2D eigenvalue weighted by Gasteiger charge is 2.12.